The number of amides is 2. The number of aromatic nitrogens is 8. The number of likely N-dealkylation sites (N-methyl/N-ethyl adjacent to an activating group) is 1. The first-order valence-electron chi connectivity index (χ1n) is 44.9. The van der Waals surface area contributed by atoms with Crippen molar-refractivity contribution in [1.82, 2.24) is 50.1 Å². The first kappa shape index (κ1) is 123. The lowest BCUT2D eigenvalue weighted by Gasteiger charge is -2.32. The number of anilines is 7. The summed E-state index contributed by atoms with van der Waals surface area (Å²) in [5, 5.41) is 12.7. The van der Waals surface area contributed by atoms with E-state index in [0.717, 1.165) is 83.8 Å². The highest BCUT2D eigenvalue weighted by molar-refractivity contribution is 9.11. The Balaban J connectivity index is 0.000000229. The Hall–Kier alpha value is -10.2. The van der Waals surface area contributed by atoms with Gasteiger partial charge >= 0.3 is 7.12 Å². The second kappa shape index (κ2) is 55.9. The fourth-order valence-corrected chi connectivity index (χ4v) is 23.3. The van der Waals surface area contributed by atoms with E-state index in [-0.39, 0.29) is 58.8 Å². The molecule has 3 aromatic carbocycles. The number of hydrogen-bond acceptors (Lipinski definition) is 27. The molecular formula is C100H120BBr5ClN17O16S6. The highest BCUT2D eigenvalue weighted by Crippen LogP contribution is 2.39. The van der Waals surface area contributed by atoms with Crippen LogP contribution >= 0.6 is 90.3 Å². The number of nitrogen functional groups attached to an aromatic ring is 1. The molecule has 33 nitrogen and oxygen atoms in total. The number of benzene rings is 3. The Kier molecular flexibility index (Phi) is 47.0. The van der Waals surface area contributed by atoms with E-state index in [4.69, 9.17) is 25.7 Å². The maximum absolute atomic E-state index is 12.7. The highest BCUT2D eigenvalue weighted by Gasteiger charge is 2.52. The number of carbonyl (C=O) groups excluding carboxylic acids is 2. The minimum Gasteiger partial charge on any atom is -0.399 e. The van der Waals surface area contributed by atoms with Crippen LogP contribution in [-0.2, 0) is 83.6 Å². The third-order valence-electron chi connectivity index (χ3n) is 22.0. The molecule has 15 rings (SSSR count). The molecule has 2 atom stereocenters. The van der Waals surface area contributed by atoms with Gasteiger partial charge in [-0.15, -0.1) is 6.58 Å². The smallest absolute Gasteiger partial charge is 0.399 e. The molecule has 782 valence electrons. The molecule has 0 radical (unpaired) electrons. The van der Waals surface area contributed by atoms with E-state index < -0.39 is 66.1 Å². The predicted octanol–water partition coefficient (Wildman–Crippen LogP) is 18.9. The summed E-state index contributed by atoms with van der Waals surface area (Å²) >= 11 is 16.5. The van der Waals surface area contributed by atoms with Gasteiger partial charge in [0.05, 0.1) is 110 Å². The molecule has 8 aromatic heterocycles. The van der Waals surface area contributed by atoms with Crippen LogP contribution in [0.15, 0.2) is 264 Å². The Morgan fingerprint density at radius 2 is 0.966 bits per heavy atom. The first-order valence-corrected chi connectivity index (χ1v) is 59.2. The van der Waals surface area contributed by atoms with E-state index in [0.29, 0.717) is 82.6 Å². The molecule has 0 spiro atoms. The van der Waals surface area contributed by atoms with Gasteiger partial charge in [-0.3, -0.25) is 56.7 Å². The largest absolute Gasteiger partial charge is 0.495 e. The quantitative estimate of drug-likeness (QED) is 0.0295. The van der Waals surface area contributed by atoms with Gasteiger partial charge in [0.15, 0.2) is 9.84 Å². The number of sulfonamides is 4. The summed E-state index contributed by atoms with van der Waals surface area (Å²) in [7, 11) is -8.35. The molecule has 0 saturated carbocycles. The van der Waals surface area contributed by atoms with E-state index in [1.54, 1.807) is 150 Å². The van der Waals surface area contributed by atoms with Crippen LogP contribution in [0.5, 0.6) is 0 Å². The number of carbonyl (C=O) groups is 2. The van der Waals surface area contributed by atoms with Crippen molar-refractivity contribution in [3.8, 4) is 11.1 Å². The number of halogens is 6. The number of rotatable bonds is 21. The van der Waals surface area contributed by atoms with Crippen molar-refractivity contribution in [3.05, 3.63) is 320 Å². The topological polar surface area (TPSA) is 439 Å². The molecule has 11 aromatic rings. The Labute approximate surface area is 905 Å². The van der Waals surface area contributed by atoms with E-state index in [9.17, 15) is 60.1 Å². The Morgan fingerprint density at radius 3 is 1.42 bits per heavy atom. The second-order valence-electron chi connectivity index (χ2n) is 34.7. The summed E-state index contributed by atoms with van der Waals surface area (Å²) in [5.41, 5.74) is 17.8. The van der Waals surface area contributed by atoms with E-state index in [2.05, 4.69) is 156 Å². The van der Waals surface area contributed by atoms with Gasteiger partial charge in [-0.05, 0) is 301 Å². The van der Waals surface area contributed by atoms with Gasteiger partial charge < -0.3 is 35.9 Å². The first-order chi connectivity index (χ1) is 68.3. The second-order valence-corrected chi connectivity index (χ2v) is 51.0. The lowest BCUT2D eigenvalue weighted by molar-refractivity contribution is -0.115. The fraction of sp³-hybridized carbons (Fsp3) is 0.300. The average molecular weight is 2450 g/mol. The molecule has 0 bridgehead atoms. The lowest BCUT2D eigenvalue weighted by Crippen LogP contribution is -2.41. The van der Waals surface area contributed by atoms with Gasteiger partial charge in [0.25, 0.3) is 29.1 Å². The highest BCUT2D eigenvalue weighted by atomic mass is 79.9. The molecule has 0 aliphatic carbocycles. The predicted molar refractivity (Wildman–Crippen MR) is 607 cm³/mol. The van der Waals surface area contributed by atoms with Crippen molar-refractivity contribution in [2.45, 2.75) is 120 Å². The van der Waals surface area contributed by atoms with Crippen molar-refractivity contribution in [2.75, 3.05) is 99.5 Å². The maximum atomic E-state index is 12.7. The third-order valence-corrected chi connectivity index (χ3v) is 32.8. The van der Waals surface area contributed by atoms with Gasteiger partial charge in [0.2, 0.25) is 31.9 Å². The standard InChI is InChI=1S/C18H23N5O3S.C17H17BrN2O2S.C15H14BrNO2S.C13H19BN2O3.C12H17BrN2O2S.C9H9BrN2O2S.C8H7ClO2S.C6H7BrN2.C2H7N/c1-12-17(23-10-16(22(3)4)11-27(23,25)26)7-15(9-20-12)14-5-6-19-18(8-14)21-13(2)24;1-3-10-20(17-12-16(18)13-19-14(17)2)23(21,22)11-9-15-7-5-4-6-8-15;1-12-14(9-15(16)10-17-12)11-20(18,19)8-7-13-5-3-2-4-6-13;1-9(17)16-11-8-10(6-7-15-11)14-18-12(2,3)13(4,5)19-14;1-8(2)10-6-15(18(16,17)7-10)12-4-11(13)5-14-9(12)3;1-7-9(5-8(10)6-11-7)12-3-2-4-15(12,13)14;9-12(10,11)7-6-8-4-2-1-3-5-8;1-4-6(8)2-5(7)3-9-4;1-3-2/h5-9,16H,10-11H2,1-4H3,(H,19,21,24);3-9,11-13H,1,10H2,2H3;2-10H,11H2,1H3;6-8H,1-5H3,(H,15,16,17);4-5,8,10H,6-7H2,1-3H3;2,4-6H,3H2,1H3;1-7H;2-3H,8H2,1H3;3H,1-2H3/b;11-9+;8-7+;;;;7-6+;;. The van der Waals surface area contributed by atoms with Crippen molar-refractivity contribution < 1.29 is 69.4 Å². The summed E-state index contributed by atoms with van der Waals surface area (Å²) in [6.07, 6.45) is 21.1. The summed E-state index contributed by atoms with van der Waals surface area (Å²) in [6, 6.07) is 45.5. The number of sulfone groups is 1. The zero-order chi connectivity index (χ0) is 109. The van der Waals surface area contributed by atoms with Crippen LogP contribution in [0.2, 0.25) is 0 Å². The summed E-state index contributed by atoms with van der Waals surface area (Å²) in [4.78, 5) is 57.5. The molecule has 3 saturated heterocycles. The zero-order valence-electron chi connectivity index (χ0n) is 83.9. The van der Waals surface area contributed by atoms with Crippen LogP contribution in [0.1, 0.15) is 112 Å². The monoisotopic (exact) mass is 2450 g/mol. The van der Waals surface area contributed by atoms with E-state index in [1.807, 2.05) is 178 Å². The summed E-state index contributed by atoms with van der Waals surface area (Å²) < 4.78 is 165. The number of nitrogens with zero attached hydrogens (tertiary/aromatic N) is 13. The number of pyridine rings is 8. The normalized spacial score (nSPS) is 16.0. The molecule has 2 amide bonds. The van der Waals surface area contributed by atoms with Crippen molar-refractivity contribution in [1.29, 1.82) is 0 Å². The van der Waals surface area contributed by atoms with Crippen LogP contribution in [0.25, 0.3) is 29.4 Å². The van der Waals surface area contributed by atoms with Crippen LogP contribution in [-0.4, -0.2) is 197 Å². The summed E-state index contributed by atoms with van der Waals surface area (Å²) in [5.74, 6) is 1.40. The van der Waals surface area contributed by atoms with Gasteiger partial charge in [-0.25, -0.2) is 60.5 Å². The molecule has 4 aliphatic heterocycles. The summed E-state index contributed by atoms with van der Waals surface area (Å²) in [6.45, 7) is 31.0. The minimum absolute atomic E-state index is 0.0470. The van der Waals surface area contributed by atoms with Gasteiger partial charge in [0.1, 0.15) is 11.6 Å². The average Bonchev–Trinajstić information content (AvgIpc) is 1.62. The van der Waals surface area contributed by atoms with Crippen LogP contribution in [0.3, 0.4) is 0 Å². The molecule has 3 fully saturated rings. The van der Waals surface area contributed by atoms with Crippen molar-refractivity contribution in [2.24, 2.45) is 11.8 Å². The Morgan fingerprint density at radius 1 is 0.541 bits per heavy atom. The molecule has 5 N–H and O–H groups in total. The SMILES string of the molecule is C=CCN(c1cc(Br)cnc1C)S(=O)(=O)/C=C/c1ccccc1.CC(=O)Nc1cc(-c2cnc(C)c(N3CC(N(C)C)CS3(=O)=O)c2)ccn1.CC(=O)Nc1cc(B2OC(C)(C)C(C)(C)O2)ccn1.CNC.Cc1ncc(Br)cc1CS(=O)(=O)/C=C/c1ccccc1.Cc1ncc(Br)cc1N.Cc1ncc(Br)cc1N1CC(C(C)C)CS1(=O)=O.Cc1ncc(Br)cc1N1CC=CS1(=O)=O.O=S(=O)(Cl)/C=C/c1ccccc1. The molecule has 146 heavy (non-hydrogen) atoms. The van der Waals surface area contributed by atoms with Gasteiger partial charge in [0, 0.05) is 137 Å². The van der Waals surface area contributed by atoms with E-state index in [1.165, 1.54) is 53.4 Å². The van der Waals surface area contributed by atoms with Gasteiger partial charge in [-0.2, -0.15) is 0 Å². The fourth-order valence-electron chi connectivity index (χ4n) is 13.4. The molecular weight excluding hydrogens is 2330 g/mol. The van der Waals surface area contributed by atoms with Crippen LogP contribution in [0, 0.1) is 53.4 Å². The Bertz CT molecular complexity index is 7200. The molecule has 12 heterocycles. The zero-order valence-corrected chi connectivity index (χ0v) is 97.4. The van der Waals surface area contributed by atoms with Crippen molar-refractivity contribution in [3.63, 3.8) is 0 Å². The molecule has 2 unspecified atom stereocenters. The van der Waals surface area contributed by atoms with Crippen LogP contribution < -0.4 is 44.4 Å². The lowest BCUT2D eigenvalue weighted by atomic mass is 9.80. The number of nitrogens with one attached hydrogen (secondary N) is 3. The molecule has 46 heteroatoms. The number of nitrogens with two attached hydrogens (primary N) is 1. The molecule has 4 aliphatic rings. The maximum Gasteiger partial charge on any atom is 0.495 e. The third kappa shape index (κ3) is 39.1. The van der Waals surface area contributed by atoms with E-state index >= 15 is 0 Å². The minimum atomic E-state index is -3.65. The number of aryl methyl sites for hydroxylation is 6. The van der Waals surface area contributed by atoms with Crippen molar-refractivity contribution >= 4 is 232 Å². The number of hydrogen-bond donors (Lipinski definition) is 4. The van der Waals surface area contributed by atoms with Gasteiger partial charge in [-0.1, -0.05) is 117 Å². The van der Waals surface area contributed by atoms with Crippen LogP contribution in [0.4, 0.5) is 40.1 Å².